The molecule has 0 atom stereocenters. The summed E-state index contributed by atoms with van der Waals surface area (Å²) in [6.07, 6.45) is 3.96. The Bertz CT molecular complexity index is 667. The lowest BCUT2D eigenvalue weighted by Gasteiger charge is -2.13. The van der Waals surface area contributed by atoms with E-state index in [0.717, 1.165) is 44.3 Å². The number of hydrogen-bond acceptors (Lipinski definition) is 3. The molecule has 0 bridgehead atoms. The number of aryl methyl sites for hydroxylation is 2. The van der Waals surface area contributed by atoms with Crippen LogP contribution in [-0.2, 0) is 6.54 Å². The van der Waals surface area contributed by atoms with E-state index in [1.54, 1.807) is 13.2 Å². The molecule has 3 N–H and O–H groups in total. The Kier molecular flexibility index (Phi) is 7.76. The van der Waals surface area contributed by atoms with Crippen molar-refractivity contribution >= 4 is 11.8 Å². The van der Waals surface area contributed by atoms with Crippen LogP contribution >= 0.6 is 0 Å². The van der Waals surface area contributed by atoms with Crippen molar-refractivity contribution in [1.82, 2.24) is 15.6 Å². The summed E-state index contributed by atoms with van der Waals surface area (Å²) in [5.74, 6) is 1.78. The van der Waals surface area contributed by atoms with Crippen molar-refractivity contribution in [3.63, 3.8) is 0 Å². The summed E-state index contributed by atoms with van der Waals surface area (Å²) in [6.45, 7) is 6.87. The molecule has 0 saturated heterocycles. The number of guanidine groups is 1. The number of rotatable bonds is 8. The van der Waals surface area contributed by atoms with Crippen molar-refractivity contribution in [3.05, 3.63) is 59.3 Å². The Morgan fingerprint density at radius 3 is 2.60 bits per heavy atom. The summed E-state index contributed by atoms with van der Waals surface area (Å²) < 4.78 is 0. The van der Waals surface area contributed by atoms with Gasteiger partial charge in [-0.3, -0.25) is 4.99 Å². The number of aliphatic imine (C=N–C) groups is 1. The molecule has 2 rings (SSSR count). The maximum Gasteiger partial charge on any atom is 0.191 e. The lowest BCUT2D eigenvalue weighted by Crippen LogP contribution is -2.37. The van der Waals surface area contributed by atoms with E-state index in [9.17, 15) is 0 Å². The van der Waals surface area contributed by atoms with Gasteiger partial charge in [-0.05, 0) is 49.9 Å². The molecule has 0 amide bonds. The van der Waals surface area contributed by atoms with Crippen LogP contribution in [0.25, 0.3) is 0 Å². The fourth-order valence-electron chi connectivity index (χ4n) is 2.58. The minimum atomic E-state index is 0.785. The molecule has 0 unspecified atom stereocenters. The molecule has 5 nitrogen and oxygen atoms in total. The van der Waals surface area contributed by atoms with Crippen molar-refractivity contribution in [2.45, 2.75) is 33.2 Å². The van der Waals surface area contributed by atoms with Crippen molar-refractivity contribution < 1.29 is 0 Å². The van der Waals surface area contributed by atoms with E-state index in [1.165, 1.54) is 16.7 Å². The first-order chi connectivity index (χ1) is 12.2. The number of nitrogens with zero attached hydrogens (tertiary/aromatic N) is 2. The van der Waals surface area contributed by atoms with Crippen LogP contribution in [0, 0.1) is 13.8 Å². The average molecular weight is 339 g/mol. The van der Waals surface area contributed by atoms with Crippen LogP contribution in [0.1, 0.15) is 29.5 Å². The van der Waals surface area contributed by atoms with Crippen LogP contribution in [0.4, 0.5) is 5.82 Å². The van der Waals surface area contributed by atoms with Gasteiger partial charge < -0.3 is 16.0 Å². The second-order valence-corrected chi connectivity index (χ2v) is 6.13. The Morgan fingerprint density at radius 1 is 1.04 bits per heavy atom. The van der Waals surface area contributed by atoms with Crippen molar-refractivity contribution in [2.75, 3.05) is 25.5 Å². The van der Waals surface area contributed by atoms with E-state index in [4.69, 9.17) is 0 Å². The fraction of sp³-hybridized carbons (Fsp3) is 0.400. The minimum absolute atomic E-state index is 0.785. The first kappa shape index (κ1) is 18.8. The third-order valence-corrected chi connectivity index (χ3v) is 4.03. The minimum Gasteiger partial charge on any atom is -0.370 e. The zero-order valence-electron chi connectivity index (χ0n) is 15.5. The molecule has 0 radical (unpaired) electrons. The smallest absolute Gasteiger partial charge is 0.191 e. The van der Waals surface area contributed by atoms with Gasteiger partial charge in [-0.2, -0.15) is 0 Å². The third-order valence-electron chi connectivity index (χ3n) is 4.03. The fourth-order valence-corrected chi connectivity index (χ4v) is 2.58. The second kappa shape index (κ2) is 10.3. The molecule has 1 heterocycles. The Labute approximate surface area is 151 Å². The molecule has 0 saturated carbocycles. The number of nitrogens with one attached hydrogen (secondary N) is 3. The average Bonchev–Trinajstić information content (AvgIpc) is 2.62. The normalized spacial score (nSPS) is 11.2. The van der Waals surface area contributed by atoms with Gasteiger partial charge in [0.05, 0.1) is 0 Å². The number of hydrogen-bond donors (Lipinski definition) is 3. The predicted octanol–water partition coefficient (Wildman–Crippen LogP) is 3.26. The van der Waals surface area contributed by atoms with E-state index in [2.05, 4.69) is 58.0 Å². The highest BCUT2D eigenvalue weighted by molar-refractivity contribution is 5.79. The lowest BCUT2D eigenvalue weighted by molar-refractivity contribution is 0.711. The van der Waals surface area contributed by atoms with Gasteiger partial charge in [-0.25, -0.2) is 4.98 Å². The van der Waals surface area contributed by atoms with E-state index in [-0.39, 0.29) is 0 Å². The third kappa shape index (κ3) is 6.83. The van der Waals surface area contributed by atoms with E-state index >= 15 is 0 Å². The SMILES string of the molecule is CN=C(NCCCCNc1ccccn1)NCc1ccc(C)cc1C. The van der Waals surface area contributed by atoms with Crippen LogP contribution in [0.5, 0.6) is 0 Å². The molecule has 2 aromatic rings. The lowest BCUT2D eigenvalue weighted by atomic mass is 10.1. The number of benzene rings is 1. The molecular formula is C20H29N5. The Morgan fingerprint density at radius 2 is 1.88 bits per heavy atom. The highest BCUT2D eigenvalue weighted by atomic mass is 15.2. The van der Waals surface area contributed by atoms with Gasteiger partial charge in [0.25, 0.3) is 0 Å². The molecule has 0 fully saturated rings. The van der Waals surface area contributed by atoms with Crippen LogP contribution in [0.2, 0.25) is 0 Å². The predicted molar refractivity (Wildman–Crippen MR) is 106 cm³/mol. The van der Waals surface area contributed by atoms with E-state index < -0.39 is 0 Å². The Balaban J connectivity index is 1.62. The zero-order chi connectivity index (χ0) is 17.9. The maximum atomic E-state index is 4.28. The zero-order valence-corrected chi connectivity index (χ0v) is 15.5. The summed E-state index contributed by atoms with van der Waals surface area (Å²) in [5.41, 5.74) is 3.90. The number of anilines is 1. The quantitative estimate of drug-likeness (QED) is 0.392. The van der Waals surface area contributed by atoms with Gasteiger partial charge in [-0.1, -0.05) is 29.8 Å². The second-order valence-electron chi connectivity index (χ2n) is 6.13. The van der Waals surface area contributed by atoms with Gasteiger partial charge in [0.15, 0.2) is 5.96 Å². The molecule has 134 valence electrons. The molecule has 1 aromatic carbocycles. The molecule has 5 heteroatoms. The van der Waals surface area contributed by atoms with Crippen LogP contribution in [-0.4, -0.2) is 31.1 Å². The molecule has 0 aliphatic carbocycles. The van der Waals surface area contributed by atoms with Gasteiger partial charge in [0.1, 0.15) is 5.82 Å². The van der Waals surface area contributed by atoms with E-state index in [0.29, 0.717) is 0 Å². The van der Waals surface area contributed by atoms with Gasteiger partial charge in [0.2, 0.25) is 0 Å². The van der Waals surface area contributed by atoms with E-state index in [1.807, 2.05) is 18.2 Å². The highest BCUT2D eigenvalue weighted by Gasteiger charge is 2.01. The number of unbranched alkanes of at least 4 members (excludes halogenated alkanes) is 1. The molecule has 0 spiro atoms. The van der Waals surface area contributed by atoms with Gasteiger partial charge in [-0.15, -0.1) is 0 Å². The topological polar surface area (TPSA) is 61.3 Å². The van der Waals surface area contributed by atoms with Crippen molar-refractivity contribution in [2.24, 2.45) is 4.99 Å². The first-order valence-electron chi connectivity index (χ1n) is 8.84. The van der Waals surface area contributed by atoms with Crippen molar-refractivity contribution in [3.8, 4) is 0 Å². The van der Waals surface area contributed by atoms with Crippen LogP contribution in [0.15, 0.2) is 47.6 Å². The Hall–Kier alpha value is -2.56. The molecular weight excluding hydrogens is 310 g/mol. The summed E-state index contributed by atoms with van der Waals surface area (Å²) in [6, 6.07) is 12.4. The molecule has 1 aromatic heterocycles. The molecule has 25 heavy (non-hydrogen) atoms. The summed E-state index contributed by atoms with van der Waals surface area (Å²) in [7, 11) is 1.81. The summed E-state index contributed by atoms with van der Waals surface area (Å²) >= 11 is 0. The molecule has 0 aliphatic heterocycles. The van der Waals surface area contributed by atoms with Gasteiger partial charge in [0, 0.05) is 32.9 Å². The van der Waals surface area contributed by atoms with Gasteiger partial charge >= 0.3 is 0 Å². The summed E-state index contributed by atoms with van der Waals surface area (Å²) in [5, 5.41) is 10.1. The number of pyridine rings is 1. The largest absolute Gasteiger partial charge is 0.370 e. The van der Waals surface area contributed by atoms with Crippen molar-refractivity contribution in [1.29, 1.82) is 0 Å². The monoisotopic (exact) mass is 339 g/mol. The molecule has 0 aliphatic rings. The number of aromatic nitrogens is 1. The highest BCUT2D eigenvalue weighted by Crippen LogP contribution is 2.09. The first-order valence-corrected chi connectivity index (χ1v) is 8.84. The van der Waals surface area contributed by atoms with Crippen LogP contribution in [0.3, 0.4) is 0 Å². The standard InChI is InChI=1S/C20H29N5/c1-16-9-10-18(17(2)14-16)15-25-20(21-3)24-13-7-6-12-23-19-8-4-5-11-22-19/h4-5,8-11,14H,6-7,12-13,15H2,1-3H3,(H,22,23)(H2,21,24,25). The van der Waals surface area contributed by atoms with Crippen LogP contribution < -0.4 is 16.0 Å². The maximum absolute atomic E-state index is 4.28. The summed E-state index contributed by atoms with van der Waals surface area (Å²) in [4.78, 5) is 8.53.